The molecule has 5 nitrogen and oxygen atoms in total. The monoisotopic (exact) mass is 296 g/mol. The maximum Gasteiger partial charge on any atom is 0.353 e. The van der Waals surface area contributed by atoms with Crippen LogP contribution in [0.1, 0.15) is 16.1 Å². The predicted molar refractivity (Wildman–Crippen MR) is 65.1 cm³/mol. The van der Waals surface area contributed by atoms with Crippen molar-refractivity contribution in [3.05, 3.63) is 33.9 Å². The fourth-order valence-electron chi connectivity index (χ4n) is 1.43. The first-order chi connectivity index (χ1) is 8.00. The van der Waals surface area contributed by atoms with Crippen molar-refractivity contribution < 1.29 is 15.0 Å². The summed E-state index contributed by atoms with van der Waals surface area (Å²) in [6.45, 7) is 1.77. The fourth-order valence-corrected chi connectivity index (χ4v) is 2.08. The number of aromatic hydroxyl groups is 1. The van der Waals surface area contributed by atoms with Crippen molar-refractivity contribution in [2.45, 2.75) is 6.92 Å². The number of carboxylic acids is 1. The number of aryl methyl sites for hydroxylation is 1. The summed E-state index contributed by atoms with van der Waals surface area (Å²) in [5, 5.41) is 24.8. The van der Waals surface area contributed by atoms with Crippen LogP contribution in [-0.4, -0.2) is 26.4 Å². The highest BCUT2D eigenvalue weighted by molar-refractivity contribution is 9.10. The molecular formula is C11H9BrN2O3. The van der Waals surface area contributed by atoms with Gasteiger partial charge in [-0.1, -0.05) is 12.1 Å². The molecule has 0 spiro atoms. The van der Waals surface area contributed by atoms with Crippen molar-refractivity contribution in [2.24, 2.45) is 0 Å². The van der Waals surface area contributed by atoms with Gasteiger partial charge in [0.25, 0.3) is 0 Å². The quantitative estimate of drug-likeness (QED) is 0.795. The van der Waals surface area contributed by atoms with Crippen LogP contribution in [0.25, 0.3) is 11.3 Å². The SMILES string of the molecule is Cc1ccc(-c2cc(C(=O)O)[nH]n2)c(Br)c1O. The number of phenolic OH excluding ortho intramolecular Hbond substituents is 1. The van der Waals surface area contributed by atoms with Crippen molar-refractivity contribution in [1.29, 1.82) is 0 Å². The minimum absolute atomic E-state index is 0.00645. The molecular weight excluding hydrogens is 288 g/mol. The van der Waals surface area contributed by atoms with Gasteiger partial charge in [-0.25, -0.2) is 4.79 Å². The summed E-state index contributed by atoms with van der Waals surface area (Å²) in [5.41, 5.74) is 1.84. The molecule has 0 saturated heterocycles. The second-order valence-electron chi connectivity index (χ2n) is 3.56. The van der Waals surface area contributed by atoms with Gasteiger partial charge in [-0.15, -0.1) is 0 Å². The van der Waals surface area contributed by atoms with E-state index in [-0.39, 0.29) is 11.4 Å². The highest BCUT2D eigenvalue weighted by Gasteiger charge is 2.14. The number of H-pyrrole nitrogens is 1. The van der Waals surface area contributed by atoms with Gasteiger partial charge in [-0.05, 0) is 34.5 Å². The number of aromatic carboxylic acids is 1. The highest BCUT2D eigenvalue weighted by atomic mass is 79.9. The van der Waals surface area contributed by atoms with Crippen molar-refractivity contribution in [1.82, 2.24) is 10.2 Å². The zero-order valence-electron chi connectivity index (χ0n) is 8.86. The van der Waals surface area contributed by atoms with Gasteiger partial charge in [0.1, 0.15) is 11.4 Å². The first-order valence-corrected chi connectivity index (χ1v) is 5.57. The number of benzene rings is 1. The number of nitrogens with zero attached hydrogens (tertiary/aromatic N) is 1. The lowest BCUT2D eigenvalue weighted by Crippen LogP contribution is -1.95. The van der Waals surface area contributed by atoms with Crippen molar-refractivity contribution in [3.63, 3.8) is 0 Å². The van der Waals surface area contributed by atoms with Crippen LogP contribution in [0.3, 0.4) is 0 Å². The van der Waals surface area contributed by atoms with Crippen LogP contribution in [0, 0.1) is 6.92 Å². The second kappa shape index (κ2) is 4.21. The molecule has 1 aromatic heterocycles. The summed E-state index contributed by atoms with van der Waals surface area (Å²) in [4.78, 5) is 10.7. The van der Waals surface area contributed by atoms with E-state index in [0.29, 0.717) is 15.7 Å². The minimum Gasteiger partial charge on any atom is -0.506 e. The molecule has 2 rings (SSSR count). The van der Waals surface area contributed by atoms with Gasteiger partial charge in [-0.2, -0.15) is 5.10 Å². The molecule has 0 unspecified atom stereocenters. The third kappa shape index (κ3) is 2.03. The number of halogens is 1. The van der Waals surface area contributed by atoms with E-state index in [9.17, 15) is 9.90 Å². The number of hydrogen-bond acceptors (Lipinski definition) is 3. The van der Waals surface area contributed by atoms with E-state index in [1.54, 1.807) is 19.1 Å². The maximum absolute atomic E-state index is 10.7. The Morgan fingerprint density at radius 2 is 2.18 bits per heavy atom. The molecule has 0 bridgehead atoms. The van der Waals surface area contributed by atoms with Crippen LogP contribution in [0.15, 0.2) is 22.7 Å². The van der Waals surface area contributed by atoms with Gasteiger partial charge >= 0.3 is 5.97 Å². The molecule has 1 heterocycles. The van der Waals surface area contributed by atoms with E-state index in [0.717, 1.165) is 5.56 Å². The topological polar surface area (TPSA) is 86.2 Å². The summed E-state index contributed by atoms with van der Waals surface area (Å²) in [7, 11) is 0. The van der Waals surface area contributed by atoms with E-state index in [2.05, 4.69) is 26.1 Å². The van der Waals surface area contributed by atoms with Crippen LogP contribution in [0.2, 0.25) is 0 Å². The molecule has 0 radical (unpaired) electrons. The predicted octanol–water partition coefficient (Wildman–Crippen LogP) is 2.55. The number of aromatic amines is 1. The second-order valence-corrected chi connectivity index (χ2v) is 4.36. The zero-order valence-corrected chi connectivity index (χ0v) is 10.4. The maximum atomic E-state index is 10.7. The molecule has 88 valence electrons. The van der Waals surface area contributed by atoms with E-state index in [4.69, 9.17) is 5.11 Å². The normalized spacial score (nSPS) is 10.5. The Hall–Kier alpha value is -1.82. The lowest BCUT2D eigenvalue weighted by atomic mass is 10.1. The first-order valence-electron chi connectivity index (χ1n) is 4.78. The molecule has 0 aliphatic heterocycles. The lowest BCUT2D eigenvalue weighted by molar-refractivity contribution is 0.0690. The van der Waals surface area contributed by atoms with E-state index < -0.39 is 5.97 Å². The third-order valence-electron chi connectivity index (χ3n) is 2.40. The smallest absolute Gasteiger partial charge is 0.353 e. The van der Waals surface area contributed by atoms with Gasteiger partial charge in [0, 0.05) is 5.56 Å². The number of carbonyl (C=O) groups is 1. The van der Waals surface area contributed by atoms with Crippen molar-refractivity contribution in [3.8, 4) is 17.0 Å². The molecule has 3 N–H and O–H groups in total. The number of hydrogen-bond donors (Lipinski definition) is 3. The van der Waals surface area contributed by atoms with E-state index in [1.165, 1.54) is 6.07 Å². The molecule has 6 heteroatoms. The largest absolute Gasteiger partial charge is 0.506 e. The molecule has 1 aromatic carbocycles. The summed E-state index contributed by atoms with van der Waals surface area (Å²) in [6.07, 6.45) is 0. The third-order valence-corrected chi connectivity index (χ3v) is 3.20. The number of carboxylic acid groups (broad SMARTS) is 1. The molecule has 0 fully saturated rings. The average Bonchev–Trinajstić information content (AvgIpc) is 2.75. The minimum atomic E-state index is -1.07. The average molecular weight is 297 g/mol. The Kier molecular flexibility index (Phi) is 2.89. The van der Waals surface area contributed by atoms with Crippen LogP contribution in [0.5, 0.6) is 5.75 Å². The van der Waals surface area contributed by atoms with Crippen LogP contribution in [-0.2, 0) is 0 Å². The van der Waals surface area contributed by atoms with Crippen LogP contribution < -0.4 is 0 Å². The van der Waals surface area contributed by atoms with Gasteiger partial charge in [0.05, 0.1) is 10.2 Å². The fraction of sp³-hybridized carbons (Fsp3) is 0.0909. The molecule has 0 amide bonds. The van der Waals surface area contributed by atoms with Gasteiger partial charge in [-0.3, -0.25) is 5.10 Å². The first kappa shape index (κ1) is 11.7. The summed E-state index contributed by atoms with van der Waals surface area (Å²) in [5.74, 6) is -0.946. The number of nitrogens with one attached hydrogen (secondary N) is 1. The zero-order chi connectivity index (χ0) is 12.6. The Bertz CT molecular complexity index is 592. The molecule has 17 heavy (non-hydrogen) atoms. The Balaban J connectivity index is 2.53. The number of phenols is 1. The van der Waals surface area contributed by atoms with Crippen molar-refractivity contribution in [2.75, 3.05) is 0 Å². The summed E-state index contributed by atoms with van der Waals surface area (Å²) in [6, 6.07) is 4.92. The summed E-state index contributed by atoms with van der Waals surface area (Å²) >= 11 is 3.26. The van der Waals surface area contributed by atoms with Crippen LogP contribution in [0.4, 0.5) is 0 Å². The van der Waals surface area contributed by atoms with Crippen LogP contribution >= 0.6 is 15.9 Å². The Morgan fingerprint density at radius 1 is 1.47 bits per heavy atom. The molecule has 2 aromatic rings. The lowest BCUT2D eigenvalue weighted by Gasteiger charge is -2.05. The van der Waals surface area contributed by atoms with Crippen molar-refractivity contribution >= 4 is 21.9 Å². The number of rotatable bonds is 2. The molecule has 0 atom stereocenters. The van der Waals surface area contributed by atoms with Gasteiger partial charge < -0.3 is 10.2 Å². The molecule has 0 aliphatic carbocycles. The summed E-state index contributed by atoms with van der Waals surface area (Å²) < 4.78 is 0.501. The van der Waals surface area contributed by atoms with Gasteiger partial charge in [0.15, 0.2) is 0 Å². The van der Waals surface area contributed by atoms with Gasteiger partial charge in [0.2, 0.25) is 0 Å². The molecule has 0 saturated carbocycles. The van der Waals surface area contributed by atoms with E-state index in [1.807, 2.05) is 0 Å². The molecule has 0 aliphatic rings. The highest BCUT2D eigenvalue weighted by Crippen LogP contribution is 2.36. The van der Waals surface area contributed by atoms with E-state index >= 15 is 0 Å². The number of aromatic nitrogens is 2. The standard InChI is InChI=1S/C11H9BrN2O3/c1-5-2-3-6(9(12)10(5)15)7-4-8(11(16)17)14-13-7/h2-4,15H,1H3,(H,13,14)(H,16,17). The Morgan fingerprint density at radius 3 is 2.76 bits per heavy atom. The Labute approximate surface area is 105 Å².